The van der Waals surface area contributed by atoms with E-state index in [2.05, 4.69) is 26.1 Å². The van der Waals surface area contributed by atoms with Crippen LogP contribution in [-0.4, -0.2) is 27.0 Å². The van der Waals surface area contributed by atoms with Crippen LogP contribution in [0.2, 0.25) is 0 Å². The number of hydrogen-bond acceptors (Lipinski definition) is 6. The predicted molar refractivity (Wildman–Crippen MR) is 105 cm³/mol. The molecule has 4 rings (SSSR count). The molecule has 0 radical (unpaired) electrons. The highest BCUT2D eigenvalue weighted by molar-refractivity contribution is 9.10. The molecule has 0 aliphatic carbocycles. The molecular weight excluding hydrogens is 449 g/mol. The van der Waals surface area contributed by atoms with Gasteiger partial charge < -0.3 is 5.11 Å². The number of aliphatic hydroxyl groups excluding tert-OH is 1. The highest BCUT2D eigenvalue weighted by Gasteiger charge is 2.48. The molecule has 1 unspecified atom stereocenters. The minimum Gasteiger partial charge on any atom is -0.507 e. The lowest BCUT2D eigenvalue weighted by molar-refractivity contribution is -0.132. The van der Waals surface area contributed by atoms with Crippen LogP contribution in [0.4, 0.5) is 9.52 Å². The summed E-state index contributed by atoms with van der Waals surface area (Å²) in [4.78, 5) is 26.8. The Morgan fingerprint density at radius 3 is 2.57 bits per heavy atom. The van der Waals surface area contributed by atoms with Gasteiger partial charge >= 0.3 is 5.91 Å². The van der Waals surface area contributed by atoms with Gasteiger partial charge in [0.15, 0.2) is 0 Å². The van der Waals surface area contributed by atoms with Crippen molar-refractivity contribution in [1.82, 2.24) is 10.2 Å². The van der Waals surface area contributed by atoms with E-state index in [1.165, 1.54) is 34.7 Å². The Morgan fingerprint density at radius 2 is 1.93 bits per heavy atom. The highest BCUT2D eigenvalue weighted by atomic mass is 79.9. The largest absolute Gasteiger partial charge is 0.507 e. The monoisotopic (exact) mass is 459 g/mol. The standard InChI is InChI=1S/C19H11BrFN3O3S/c20-12-3-1-2-11(8-12)15-14(16(25)10-4-6-13(21)7-5-10)17(26)18(27)24(15)19-23-22-9-28-19/h1-9,15,25H. The fourth-order valence-corrected chi connectivity index (χ4v) is 4.06. The van der Waals surface area contributed by atoms with Crippen LogP contribution in [0.15, 0.2) is 64.1 Å². The second kappa shape index (κ2) is 7.25. The first-order chi connectivity index (χ1) is 13.5. The minimum atomic E-state index is -0.893. The van der Waals surface area contributed by atoms with Crippen LogP contribution in [0.3, 0.4) is 0 Å². The van der Waals surface area contributed by atoms with Gasteiger partial charge in [0.1, 0.15) is 17.1 Å². The molecule has 1 amide bonds. The van der Waals surface area contributed by atoms with Crippen molar-refractivity contribution in [2.24, 2.45) is 0 Å². The molecule has 1 saturated heterocycles. The summed E-state index contributed by atoms with van der Waals surface area (Å²) < 4.78 is 14.0. The number of carbonyl (C=O) groups excluding carboxylic acids is 2. The molecule has 1 aliphatic rings. The van der Waals surface area contributed by atoms with Crippen molar-refractivity contribution in [2.75, 3.05) is 4.90 Å². The Hall–Kier alpha value is -2.91. The van der Waals surface area contributed by atoms with Crippen molar-refractivity contribution in [2.45, 2.75) is 6.04 Å². The molecule has 1 aromatic heterocycles. The summed E-state index contributed by atoms with van der Waals surface area (Å²) in [7, 11) is 0. The minimum absolute atomic E-state index is 0.0927. The lowest BCUT2D eigenvalue weighted by Crippen LogP contribution is -2.29. The quantitative estimate of drug-likeness (QED) is 0.362. The first-order valence-electron chi connectivity index (χ1n) is 8.06. The summed E-state index contributed by atoms with van der Waals surface area (Å²) in [6, 6.07) is 11.2. The zero-order valence-electron chi connectivity index (χ0n) is 14.0. The Morgan fingerprint density at radius 1 is 1.18 bits per heavy atom. The SMILES string of the molecule is O=C1C(=O)N(c2nncs2)C(c2cccc(Br)c2)C1=C(O)c1ccc(F)cc1. The van der Waals surface area contributed by atoms with E-state index in [-0.39, 0.29) is 22.0 Å². The molecule has 1 aliphatic heterocycles. The van der Waals surface area contributed by atoms with Gasteiger partial charge in [-0.2, -0.15) is 0 Å². The Labute approximate surface area is 171 Å². The molecule has 2 aromatic carbocycles. The van der Waals surface area contributed by atoms with Crippen LogP contribution in [-0.2, 0) is 9.59 Å². The molecule has 0 saturated carbocycles. The maximum atomic E-state index is 13.3. The lowest BCUT2D eigenvalue weighted by Gasteiger charge is -2.22. The molecule has 1 N–H and O–H groups in total. The van der Waals surface area contributed by atoms with E-state index < -0.39 is 23.5 Å². The number of Topliss-reactive ketones (excluding diaryl/α,β-unsaturated/α-hetero) is 1. The lowest BCUT2D eigenvalue weighted by atomic mass is 9.95. The van der Waals surface area contributed by atoms with Crippen molar-refractivity contribution < 1.29 is 19.1 Å². The van der Waals surface area contributed by atoms with Crippen LogP contribution < -0.4 is 4.90 Å². The van der Waals surface area contributed by atoms with Crippen LogP contribution >= 0.6 is 27.3 Å². The first-order valence-corrected chi connectivity index (χ1v) is 9.73. The fourth-order valence-electron chi connectivity index (χ4n) is 3.06. The molecular formula is C19H11BrFN3O3S. The number of aromatic nitrogens is 2. The highest BCUT2D eigenvalue weighted by Crippen LogP contribution is 2.42. The number of anilines is 1. The summed E-state index contributed by atoms with van der Waals surface area (Å²) in [5.41, 5.74) is 2.20. The molecule has 28 heavy (non-hydrogen) atoms. The number of rotatable bonds is 3. The number of hydrogen-bond donors (Lipinski definition) is 1. The third-order valence-corrected chi connectivity index (χ3v) is 5.46. The zero-order valence-corrected chi connectivity index (χ0v) is 16.4. The van der Waals surface area contributed by atoms with Gasteiger partial charge in [-0.3, -0.25) is 14.5 Å². The van der Waals surface area contributed by atoms with E-state index in [1.54, 1.807) is 24.3 Å². The van der Waals surface area contributed by atoms with Gasteiger partial charge in [-0.1, -0.05) is 39.4 Å². The number of nitrogens with zero attached hydrogens (tertiary/aromatic N) is 3. The molecule has 1 atom stereocenters. The fraction of sp³-hybridized carbons (Fsp3) is 0.0526. The number of amides is 1. The molecule has 2 heterocycles. The van der Waals surface area contributed by atoms with Gasteiger partial charge in [0.05, 0.1) is 11.6 Å². The topological polar surface area (TPSA) is 83.4 Å². The van der Waals surface area contributed by atoms with Crippen LogP contribution in [0, 0.1) is 5.82 Å². The molecule has 0 bridgehead atoms. The van der Waals surface area contributed by atoms with Crippen LogP contribution in [0.25, 0.3) is 5.76 Å². The predicted octanol–water partition coefficient (Wildman–Crippen LogP) is 4.07. The van der Waals surface area contributed by atoms with E-state index in [0.29, 0.717) is 5.56 Å². The van der Waals surface area contributed by atoms with Crippen molar-refractivity contribution in [3.05, 3.63) is 81.0 Å². The Bertz CT molecular complexity index is 1100. The molecule has 3 aromatic rings. The number of halogens is 2. The maximum Gasteiger partial charge on any atom is 0.301 e. The van der Waals surface area contributed by atoms with Gasteiger partial charge in [0.2, 0.25) is 5.13 Å². The van der Waals surface area contributed by atoms with E-state index in [9.17, 15) is 19.1 Å². The molecule has 0 spiro atoms. The maximum absolute atomic E-state index is 13.3. The first kappa shape index (κ1) is 18.5. The number of carbonyl (C=O) groups is 2. The third kappa shape index (κ3) is 3.12. The number of ketones is 1. The second-order valence-electron chi connectivity index (χ2n) is 5.95. The van der Waals surface area contributed by atoms with E-state index in [1.807, 2.05) is 0 Å². The Balaban J connectivity index is 1.95. The molecule has 140 valence electrons. The van der Waals surface area contributed by atoms with E-state index in [4.69, 9.17) is 0 Å². The average Bonchev–Trinajstić information content (AvgIpc) is 3.29. The number of benzene rings is 2. The van der Waals surface area contributed by atoms with Crippen LogP contribution in [0.5, 0.6) is 0 Å². The van der Waals surface area contributed by atoms with Gasteiger partial charge in [0, 0.05) is 10.0 Å². The van der Waals surface area contributed by atoms with E-state index in [0.717, 1.165) is 15.8 Å². The van der Waals surface area contributed by atoms with Crippen LogP contribution in [0.1, 0.15) is 17.2 Å². The molecule has 9 heteroatoms. The summed E-state index contributed by atoms with van der Waals surface area (Å²) in [5, 5.41) is 18.7. The smallest absolute Gasteiger partial charge is 0.301 e. The van der Waals surface area contributed by atoms with Gasteiger partial charge in [-0.25, -0.2) is 4.39 Å². The van der Waals surface area contributed by atoms with Crippen molar-refractivity contribution in [1.29, 1.82) is 0 Å². The molecule has 6 nitrogen and oxygen atoms in total. The average molecular weight is 460 g/mol. The van der Waals surface area contributed by atoms with Gasteiger partial charge in [-0.15, -0.1) is 10.2 Å². The van der Waals surface area contributed by atoms with Crippen molar-refractivity contribution in [3.63, 3.8) is 0 Å². The summed E-state index contributed by atoms with van der Waals surface area (Å²) >= 11 is 4.49. The van der Waals surface area contributed by atoms with Gasteiger partial charge in [0.25, 0.3) is 5.78 Å². The van der Waals surface area contributed by atoms with Crippen molar-refractivity contribution in [3.8, 4) is 0 Å². The van der Waals surface area contributed by atoms with Crippen molar-refractivity contribution >= 4 is 49.8 Å². The van der Waals surface area contributed by atoms with E-state index >= 15 is 0 Å². The Kier molecular flexibility index (Phi) is 4.78. The zero-order chi connectivity index (χ0) is 19.8. The molecule has 1 fully saturated rings. The second-order valence-corrected chi connectivity index (χ2v) is 7.68. The normalized spacial score (nSPS) is 18.6. The third-order valence-electron chi connectivity index (χ3n) is 4.28. The van der Waals surface area contributed by atoms with Gasteiger partial charge in [-0.05, 0) is 42.0 Å². The summed E-state index contributed by atoms with van der Waals surface area (Å²) in [6.45, 7) is 0. The summed E-state index contributed by atoms with van der Waals surface area (Å²) in [6.07, 6.45) is 0. The summed E-state index contributed by atoms with van der Waals surface area (Å²) in [5.74, 6) is -2.52. The number of aliphatic hydroxyl groups is 1.